The molecule has 2 bridgehead atoms. The van der Waals surface area contributed by atoms with Crippen LogP contribution in [0.3, 0.4) is 0 Å². The van der Waals surface area contributed by atoms with Gasteiger partial charge in [-0.3, -0.25) is 4.79 Å². The van der Waals surface area contributed by atoms with Crippen molar-refractivity contribution >= 4 is 11.7 Å². The van der Waals surface area contributed by atoms with Crippen molar-refractivity contribution in [1.82, 2.24) is 15.2 Å². The third-order valence-electron chi connectivity index (χ3n) is 8.92. The number of fused-ring (bicyclic) bond motifs is 2. The second kappa shape index (κ2) is 9.76. The Bertz CT molecular complexity index is 981. The van der Waals surface area contributed by atoms with Crippen molar-refractivity contribution in [3.8, 4) is 0 Å². The van der Waals surface area contributed by atoms with Gasteiger partial charge in [0.25, 0.3) is 0 Å². The summed E-state index contributed by atoms with van der Waals surface area (Å²) in [6.07, 6.45) is 0.685. The first-order valence-electron chi connectivity index (χ1n) is 13.7. The zero-order valence-electron chi connectivity index (χ0n) is 22.0. The Morgan fingerprint density at radius 2 is 2.17 bits per heavy atom. The molecule has 7 nitrogen and oxygen atoms in total. The number of nitrogens with one attached hydrogen (secondary N) is 1. The summed E-state index contributed by atoms with van der Waals surface area (Å²) in [6, 6.07) is 2.38. The number of likely N-dealkylation sites (tertiary alicyclic amines) is 1. The number of nitrogens with zero attached hydrogens (tertiary/aromatic N) is 3. The number of hydrogen-bond acceptors (Lipinski definition) is 6. The normalized spacial score (nSPS) is 35.1. The van der Waals surface area contributed by atoms with Crippen LogP contribution in [0.4, 0.5) is 19.0 Å². The third-order valence-corrected chi connectivity index (χ3v) is 8.92. The molecule has 1 aromatic heterocycles. The number of carbonyl (C=O) groups is 1. The van der Waals surface area contributed by atoms with Crippen LogP contribution in [0.2, 0.25) is 0 Å². The summed E-state index contributed by atoms with van der Waals surface area (Å²) >= 11 is 0. The Morgan fingerprint density at radius 3 is 2.86 bits per heavy atom. The summed E-state index contributed by atoms with van der Waals surface area (Å²) in [6.45, 7) is 6.40. The fraction of sp³-hybridized carbons (Fsp3) is 0.769. The number of anilines is 1. The van der Waals surface area contributed by atoms with E-state index < -0.39 is 17.2 Å². The first-order chi connectivity index (χ1) is 17.6. The van der Waals surface area contributed by atoms with E-state index in [2.05, 4.69) is 24.1 Å². The van der Waals surface area contributed by atoms with Crippen LogP contribution < -0.4 is 10.2 Å². The fourth-order valence-electron chi connectivity index (χ4n) is 6.79. The minimum Gasteiger partial charge on any atom is -0.379 e. The molecule has 0 unspecified atom stereocenters. The van der Waals surface area contributed by atoms with Crippen molar-refractivity contribution < 1.29 is 28.8 Å². The van der Waals surface area contributed by atoms with E-state index in [0.717, 1.165) is 44.2 Å². The van der Waals surface area contributed by atoms with Crippen molar-refractivity contribution in [1.29, 1.82) is 0 Å². The van der Waals surface area contributed by atoms with E-state index in [9.17, 15) is 18.0 Å². The second-order valence-electron chi connectivity index (χ2n) is 11.1. The van der Waals surface area contributed by atoms with E-state index in [4.69, 9.17) is 10.8 Å². The van der Waals surface area contributed by atoms with E-state index in [0.29, 0.717) is 32.1 Å². The van der Waals surface area contributed by atoms with Gasteiger partial charge in [0.1, 0.15) is 5.82 Å². The molecule has 1 aromatic rings. The third kappa shape index (κ3) is 4.60. The first-order valence-corrected chi connectivity index (χ1v) is 13.0. The van der Waals surface area contributed by atoms with Gasteiger partial charge in [0.2, 0.25) is 5.91 Å². The molecule has 4 fully saturated rings. The highest BCUT2D eigenvalue weighted by Gasteiger charge is 2.54. The van der Waals surface area contributed by atoms with Crippen LogP contribution in [0.5, 0.6) is 0 Å². The van der Waals surface area contributed by atoms with Crippen molar-refractivity contribution in [2.45, 2.75) is 82.4 Å². The molecule has 0 spiro atoms. The highest BCUT2D eigenvalue weighted by molar-refractivity contribution is 5.84. The van der Waals surface area contributed by atoms with Crippen molar-refractivity contribution in [2.24, 2.45) is 11.3 Å². The van der Waals surface area contributed by atoms with Gasteiger partial charge >= 0.3 is 6.18 Å². The summed E-state index contributed by atoms with van der Waals surface area (Å²) in [5.41, 5.74) is -1.16. The van der Waals surface area contributed by atoms with Crippen LogP contribution in [-0.2, 0) is 20.4 Å². The van der Waals surface area contributed by atoms with Crippen LogP contribution in [0.25, 0.3) is 0 Å². The number of piperazine rings is 1. The number of methoxy groups -OCH3 is 1. The molecule has 0 aromatic carbocycles. The Kier molecular flexibility index (Phi) is 6.62. The average molecular weight is 512 g/mol. The Morgan fingerprint density at radius 1 is 1.33 bits per heavy atom. The minimum atomic E-state index is -4.41. The number of alkyl halides is 3. The molecule has 36 heavy (non-hydrogen) atoms. The molecule has 1 aliphatic carbocycles. The zero-order chi connectivity index (χ0) is 26.4. The average Bonchev–Trinajstić information content (AvgIpc) is 3.60. The van der Waals surface area contributed by atoms with Crippen molar-refractivity contribution in [3.63, 3.8) is 0 Å². The summed E-state index contributed by atoms with van der Waals surface area (Å²) < 4.78 is 58.2. The van der Waals surface area contributed by atoms with E-state index in [1.165, 1.54) is 6.20 Å². The van der Waals surface area contributed by atoms with E-state index >= 15 is 0 Å². The molecule has 6 atom stereocenters. The highest BCUT2D eigenvalue weighted by Crippen LogP contribution is 2.48. The number of carbonyl (C=O) groups excluding carboxylic acids is 1. The number of ether oxygens (including phenoxy) is 2. The van der Waals surface area contributed by atoms with Crippen molar-refractivity contribution in [2.75, 3.05) is 38.3 Å². The Balaban J connectivity index is 1.25. The lowest BCUT2D eigenvalue weighted by Crippen LogP contribution is -2.55. The number of aromatic nitrogens is 1. The molecule has 3 saturated heterocycles. The summed E-state index contributed by atoms with van der Waals surface area (Å²) in [5, 5.41) is 3.72. The van der Waals surface area contributed by atoms with Crippen molar-refractivity contribution in [3.05, 3.63) is 23.9 Å². The molecule has 4 heterocycles. The number of hydrogen-bond donors (Lipinski definition) is 1. The van der Waals surface area contributed by atoms with Crippen LogP contribution in [0.15, 0.2) is 18.3 Å². The maximum absolute atomic E-state index is 14.1. The fourth-order valence-corrected chi connectivity index (χ4v) is 6.79. The zero-order valence-corrected chi connectivity index (χ0v) is 21.0. The number of halogens is 3. The highest BCUT2D eigenvalue weighted by atomic mass is 19.4. The molecule has 10 heteroatoms. The van der Waals surface area contributed by atoms with Gasteiger partial charge in [0.15, 0.2) is 0 Å². The second-order valence-corrected chi connectivity index (χ2v) is 11.1. The van der Waals surface area contributed by atoms with Crippen LogP contribution in [0, 0.1) is 11.3 Å². The van der Waals surface area contributed by atoms with Gasteiger partial charge in [0, 0.05) is 45.1 Å². The molecular weight excluding hydrogens is 473 g/mol. The summed E-state index contributed by atoms with van der Waals surface area (Å²) in [5.74, 6) is 0.683. The molecule has 5 rings (SSSR count). The monoisotopic (exact) mass is 511 g/mol. The molecular formula is C26H37F3N4O3. The smallest absolute Gasteiger partial charge is 0.379 e. The number of rotatable bonds is 6. The molecule has 4 aliphatic rings. The Labute approximate surface area is 212 Å². The summed E-state index contributed by atoms with van der Waals surface area (Å²) in [7, 11) is -0.101. The maximum Gasteiger partial charge on any atom is 0.416 e. The summed E-state index contributed by atoms with van der Waals surface area (Å²) in [4.78, 5) is 22.2. The molecule has 1 N–H and O–H groups in total. The Hall–Kier alpha value is -1.91. The first kappa shape index (κ1) is 24.4. The molecule has 1 saturated carbocycles. The predicted molar refractivity (Wildman–Crippen MR) is 129 cm³/mol. The predicted octanol–water partition coefficient (Wildman–Crippen LogP) is 3.48. The number of amides is 1. The largest absolute Gasteiger partial charge is 0.416 e. The SMILES string of the molecule is [2H]CO[C@@H]1COCC[C@@H]1N[C@@H]1CC[C@@](C(=O)N2C[C@@H]3C[C@H]2CN3c2cc(C(F)(F)F)ccn2)(C(C)C)C1. The van der Waals surface area contributed by atoms with E-state index in [1.54, 1.807) is 0 Å². The lowest BCUT2D eigenvalue weighted by molar-refractivity contribution is -0.146. The van der Waals surface area contributed by atoms with E-state index in [-0.39, 0.29) is 49.2 Å². The van der Waals surface area contributed by atoms with Gasteiger partial charge < -0.3 is 24.6 Å². The quantitative estimate of drug-likeness (QED) is 0.631. The maximum atomic E-state index is 14.1. The lowest BCUT2D eigenvalue weighted by Gasteiger charge is -2.42. The van der Waals surface area contributed by atoms with Gasteiger partial charge in [-0.05, 0) is 50.2 Å². The number of pyridine rings is 1. The van der Waals surface area contributed by atoms with Gasteiger partial charge in [-0.15, -0.1) is 0 Å². The molecule has 1 amide bonds. The standard InChI is InChI=1S/C26H37F3N4O3/c1-16(2)25(7-4-18(12-25)31-21-6-9-36-15-22(21)35-3)24(34)33-14-19-11-20(33)13-32(19)23-10-17(5-8-30-23)26(27,28)29/h5,8,10,16,18-22,31H,4,6-7,9,11-15H2,1-3H3/t18-,19+,20+,21+,22-,25+/m1/s1/i3D. The van der Waals surface area contributed by atoms with Gasteiger partial charge in [-0.25, -0.2) is 4.98 Å². The van der Waals surface area contributed by atoms with Crippen LogP contribution in [-0.4, -0.2) is 79.5 Å². The van der Waals surface area contributed by atoms with E-state index in [1.807, 2.05) is 9.80 Å². The molecule has 3 aliphatic heterocycles. The minimum absolute atomic E-state index is 0.0122. The van der Waals surface area contributed by atoms with Crippen LogP contribution in [0.1, 0.15) is 52.9 Å². The van der Waals surface area contributed by atoms with Gasteiger partial charge in [-0.2, -0.15) is 13.2 Å². The topological polar surface area (TPSA) is 66.9 Å². The van der Waals surface area contributed by atoms with Crippen LogP contribution >= 0.6 is 0 Å². The molecule has 0 radical (unpaired) electrons. The lowest BCUT2D eigenvalue weighted by atomic mass is 9.74. The van der Waals surface area contributed by atoms with Gasteiger partial charge in [0.05, 0.1) is 37.1 Å². The van der Waals surface area contributed by atoms with Gasteiger partial charge in [-0.1, -0.05) is 13.8 Å². The molecule has 200 valence electrons.